The Morgan fingerprint density at radius 2 is 1.62 bits per heavy atom. The molecule has 2 aromatic carbocycles. The first-order chi connectivity index (χ1) is 26.2. The lowest BCUT2D eigenvalue weighted by atomic mass is 9.78. The molecule has 2 aromatic rings. The third kappa shape index (κ3) is 8.64. The van der Waals surface area contributed by atoms with Gasteiger partial charge in [-0.25, -0.2) is 0 Å². The van der Waals surface area contributed by atoms with E-state index in [1.165, 1.54) is 78.3 Å². The maximum atomic E-state index is 14.4. The van der Waals surface area contributed by atoms with Gasteiger partial charge in [0, 0.05) is 81.3 Å². The van der Waals surface area contributed by atoms with E-state index in [-0.39, 0.29) is 44.7 Å². The van der Waals surface area contributed by atoms with Gasteiger partial charge in [0.15, 0.2) is 12.4 Å². The van der Waals surface area contributed by atoms with Crippen molar-refractivity contribution in [2.45, 2.75) is 85.6 Å². The summed E-state index contributed by atoms with van der Waals surface area (Å²) in [4.78, 5) is 54.0. The molecule has 0 radical (unpaired) electrons. The van der Waals surface area contributed by atoms with Gasteiger partial charge < -0.3 is 54.3 Å². The lowest BCUT2D eigenvalue weighted by Crippen LogP contribution is -2.46. The number of methoxy groups -OCH3 is 1. The summed E-state index contributed by atoms with van der Waals surface area (Å²) in [7, 11) is 4.49. The SMILES string of the molecule is CO[C@H]1/C=C/O[C@@]2(C)Oc3c(C)c(O)c4c(O)c(cc(OCC(=O)N(C)C)c4c3C2=O)NC(=O)/C(C)=C\C=C\[C@H](C)[C@H](O)[C@@H](C)[C@@H](O)[C@@H](C)[C@H](OC(C)=O)[C@@H]1C. The van der Waals surface area contributed by atoms with E-state index in [0.717, 1.165) is 0 Å². The minimum atomic E-state index is -2.02. The number of fused-ring (bicyclic) bond motifs is 14. The zero-order valence-electron chi connectivity index (χ0n) is 33.7. The average Bonchev–Trinajstić information content (AvgIpc) is 3.41. The van der Waals surface area contributed by atoms with E-state index in [4.69, 9.17) is 23.7 Å². The smallest absolute Gasteiger partial charge is 0.312 e. The molecule has 5 bridgehead atoms. The van der Waals surface area contributed by atoms with Crippen molar-refractivity contribution in [3.63, 3.8) is 0 Å². The van der Waals surface area contributed by atoms with Crippen LogP contribution in [0.15, 0.2) is 42.2 Å². The summed E-state index contributed by atoms with van der Waals surface area (Å²) in [6, 6.07) is 1.25. The van der Waals surface area contributed by atoms with Crippen molar-refractivity contribution in [1.82, 2.24) is 4.90 Å². The van der Waals surface area contributed by atoms with Gasteiger partial charge in [-0.05, 0) is 19.9 Å². The second-order valence-corrected chi connectivity index (χ2v) is 15.0. The van der Waals surface area contributed by atoms with Crippen LogP contribution in [0.4, 0.5) is 5.69 Å². The molecule has 0 aromatic heterocycles. The maximum Gasteiger partial charge on any atom is 0.312 e. The zero-order valence-corrected chi connectivity index (χ0v) is 33.7. The molecule has 3 aliphatic rings. The van der Waals surface area contributed by atoms with Crippen LogP contribution in [0, 0.1) is 30.6 Å². The molecule has 15 heteroatoms. The molecule has 0 saturated heterocycles. The van der Waals surface area contributed by atoms with Gasteiger partial charge in [0.1, 0.15) is 23.4 Å². The molecule has 306 valence electrons. The van der Waals surface area contributed by atoms with Gasteiger partial charge in [0.25, 0.3) is 17.6 Å². The topological polar surface area (TPSA) is 211 Å². The highest BCUT2D eigenvalue weighted by atomic mass is 16.7. The molecule has 0 aliphatic carbocycles. The highest BCUT2D eigenvalue weighted by molar-refractivity contribution is 6.21. The number of aliphatic hydroxyl groups excluding tert-OH is 2. The Kier molecular flexibility index (Phi) is 13.5. The van der Waals surface area contributed by atoms with Crippen molar-refractivity contribution in [2.75, 3.05) is 33.1 Å². The first kappa shape index (κ1) is 43.6. The number of carbonyl (C=O) groups is 4. The van der Waals surface area contributed by atoms with Crippen molar-refractivity contribution in [3.05, 3.63) is 53.3 Å². The van der Waals surface area contributed by atoms with E-state index in [2.05, 4.69) is 5.32 Å². The molecule has 0 saturated carbocycles. The Balaban J connectivity index is 1.94. The minimum absolute atomic E-state index is 0.0631. The zero-order chi connectivity index (χ0) is 42.0. The third-order valence-electron chi connectivity index (χ3n) is 10.7. The number of benzene rings is 2. The molecule has 15 nitrogen and oxygen atoms in total. The van der Waals surface area contributed by atoms with Crippen LogP contribution >= 0.6 is 0 Å². The summed E-state index contributed by atoms with van der Waals surface area (Å²) in [6.07, 6.45) is 3.57. The number of amides is 2. The number of ketones is 1. The van der Waals surface area contributed by atoms with E-state index in [9.17, 15) is 39.6 Å². The number of rotatable bonds is 5. The normalized spacial score (nSPS) is 30.8. The standard InChI is InChI=1S/C41H54N2O13/c1-19-13-12-14-20(2)40(51)42-26-17-28(53-18-29(45)43(9)10)30-31(36(26)49)35(48)24(6)38-32(30)39(50)41(8,56-38)54-16-15-27(52-11)21(3)37(55-25(7)44)23(5)34(47)22(4)33(19)46/h12-17,19,21-23,27,33-34,37,46-49H,18H2,1-11H3,(H,42,51)/b13-12+,16-15+,20-14-/t19-,21+,22+,23+,27-,33-,34+,37+,41-/m0/s1. The number of esters is 1. The summed E-state index contributed by atoms with van der Waals surface area (Å²) < 4.78 is 29.5. The van der Waals surface area contributed by atoms with Gasteiger partial charge in [-0.3, -0.25) is 19.2 Å². The van der Waals surface area contributed by atoms with Crippen LogP contribution in [-0.2, 0) is 28.6 Å². The lowest BCUT2D eigenvalue weighted by molar-refractivity contribution is -0.160. The number of ether oxygens (including phenoxy) is 5. The number of likely N-dealkylation sites (N-methyl/N-ethyl adjacent to an activating group) is 1. The molecule has 2 amide bonds. The van der Waals surface area contributed by atoms with Gasteiger partial charge in [-0.2, -0.15) is 0 Å². The molecule has 9 atom stereocenters. The van der Waals surface area contributed by atoms with Crippen molar-refractivity contribution < 1.29 is 63.3 Å². The molecular weight excluding hydrogens is 728 g/mol. The number of aromatic hydroxyl groups is 2. The second-order valence-electron chi connectivity index (χ2n) is 15.0. The first-order valence-corrected chi connectivity index (χ1v) is 18.4. The molecule has 0 unspecified atom stereocenters. The minimum Gasteiger partial charge on any atom is -0.507 e. The predicted molar refractivity (Wildman–Crippen MR) is 206 cm³/mol. The Morgan fingerprint density at radius 1 is 0.964 bits per heavy atom. The number of Topliss-reactive ketones (excluding diaryl/α,β-unsaturated/α-hetero) is 1. The Morgan fingerprint density at radius 3 is 2.23 bits per heavy atom. The van der Waals surface area contributed by atoms with Crippen LogP contribution in [0.25, 0.3) is 10.8 Å². The lowest BCUT2D eigenvalue weighted by Gasteiger charge is -2.38. The van der Waals surface area contributed by atoms with Gasteiger partial charge in [0.05, 0.1) is 41.2 Å². The Labute approximate surface area is 326 Å². The monoisotopic (exact) mass is 782 g/mol. The van der Waals surface area contributed by atoms with Crippen LogP contribution in [0.5, 0.6) is 23.0 Å². The van der Waals surface area contributed by atoms with Gasteiger partial charge >= 0.3 is 11.8 Å². The molecule has 56 heavy (non-hydrogen) atoms. The number of hydrogen-bond acceptors (Lipinski definition) is 13. The molecule has 3 heterocycles. The maximum absolute atomic E-state index is 14.4. The van der Waals surface area contributed by atoms with Crippen LogP contribution in [0.1, 0.15) is 64.4 Å². The van der Waals surface area contributed by atoms with Gasteiger partial charge in [-0.15, -0.1) is 0 Å². The van der Waals surface area contributed by atoms with E-state index in [1.807, 2.05) is 0 Å². The van der Waals surface area contributed by atoms with Crippen LogP contribution < -0.4 is 14.8 Å². The molecule has 3 aliphatic heterocycles. The molecule has 5 N–H and O–H groups in total. The van der Waals surface area contributed by atoms with Crippen LogP contribution in [0.2, 0.25) is 0 Å². The van der Waals surface area contributed by atoms with E-state index < -0.39 is 95.5 Å². The number of aliphatic hydroxyl groups is 2. The molecular formula is C41H54N2O13. The number of nitrogens with zero attached hydrogens (tertiary/aromatic N) is 1. The second kappa shape index (κ2) is 17.3. The summed E-state index contributed by atoms with van der Waals surface area (Å²) in [5.74, 6) is -8.12. The van der Waals surface area contributed by atoms with Gasteiger partial charge in [0.2, 0.25) is 0 Å². The number of nitrogens with one attached hydrogen (secondary N) is 1. The highest BCUT2D eigenvalue weighted by Gasteiger charge is 2.49. The largest absolute Gasteiger partial charge is 0.507 e. The number of phenolic OH excluding ortho intramolecular Hbond substituents is 2. The number of allylic oxidation sites excluding steroid dienone is 2. The summed E-state index contributed by atoms with van der Waals surface area (Å²) in [5, 5.41) is 48.1. The quantitative estimate of drug-likeness (QED) is 0.209. The fraction of sp³-hybridized carbons (Fsp3) is 0.512. The number of carbonyl (C=O) groups excluding carboxylic acids is 4. The van der Waals surface area contributed by atoms with Crippen molar-refractivity contribution in [2.24, 2.45) is 23.7 Å². The fourth-order valence-electron chi connectivity index (χ4n) is 7.02. The summed E-state index contributed by atoms with van der Waals surface area (Å²) in [5.41, 5.74) is -0.0315. The molecule has 0 fully saturated rings. The third-order valence-corrected chi connectivity index (χ3v) is 10.7. The summed E-state index contributed by atoms with van der Waals surface area (Å²) >= 11 is 0. The summed E-state index contributed by atoms with van der Waals surface area (Å²) in [6.45, 7) is 12.0. The number of phenols is 2. The highest BCUT2D eigenvalue weighted by Crippen LogP contribution is 2.54. The van der Waals surface area contributed by atoms with Crippen molar-refractivity contribution >= 4 is 40.0 Å². The predicted octanol–water partition coefficient (Wildman–Crippen LogP) is 4.52. The van der Waals surface area contributed by atoms with Crippen molar-refractivity contribution in [1.29, 1.82) is 0 Å². The van der Waals surface area contributed by atoms with Crippen molar-refractivity contribution in [3.8, 4) is 23.0 Å². The van der Waals surface area contributed by atoms with Crippen LogP contribution in [0.3, 0.4) is 0 Å². The Hall–Kier alpha value is -5.12. The number of hydrogen-bond donors (Lipinski definition) is 5. The van der Waals surface area contributed by atoms with Gasteiger partial charge in [-0.1, -0.05) is 45.9 Å². The first-order valence-electron chi connectivity index (χ1n) is 18.4. The molecule has 5 rings (SSSR count). The number of anilines is 1. The van der Waals surface area contributed by atoms with Crippen LogP contribution in [-0.4, -0.2) is 107 Å². The average molecular weight is 783 g/mol. The van der Waals surface area contributed by atoms with E-state index in [0.29, 0.717) is 0 Å². The van der Waals surface area contributed by atoms with E-state index in [1.54, 1.807) is 39.8 Å². The Bertz CT molecular complexity index is 1950. The molecule has 0 spiro atoms. The van der Waals surface area contributed by atoms with E-state index >= 15 is 0 Å². The fourth-order valence-corrected chi connectivity index (χ4v) is 7.02.